The molecule has 19 heavy (non-hydrogen) atoms. The van der Waals surface area contributed by atoms with E-state index in [4.69, 9.17) is 0 Å². The summed E-state index contributed by atoms with van der Waals surface area (Å²) in [4.78, 5) is 16.5. The number of hydrogen-bond donors (Lipinski definition) is 1. The molecule has 2 aliphatic heterocycles. The number of carbonyl (C=O) groups is 1. The van der Waals surface area contributed by atoms with Crippen LogP contribution in [-0.4, -0.2) is 54.6 Å². The summed E-state index contributed by atoms with van der Waals surface area (Å²) in [6, 6.07) is 2.86. The molecule has 1 aromatic rings. The van der Waals surface area contributed by atoms with Crippen molar-refractivity contribution in [3.63, 3.8) is 0 Å². The number of hydrogen-bond acceptors (Lipinski definition) is 3. The van der Waals surface area contributed by atoms with E-state index in [2.05, 4.69) is 27.0 Å². The normalized spacial score (nSPS) is 21.4. The summed E-state index contributed by atoms with van der Waals surface area (Å²) in [5.74, 6) is 0. The van der Waals surface area contributed by atoms with Crippen LogP contribution in [-0.2, 0) is 6.42 Å². The topological polar surface area (TPSA) is 35.6 Å². The second-order valence-electron chi connectivity index (χ2n) is 5.33. The molecule has 2 fully saturated rings. The van der Waals surface area contributed by atoms with Crippen LogP contribution in [0.5, 0.6) is 0 Å². The maximum atomic E-state index is 12.4. The third-order valence-electron chi connectivity index (χ3n) is 4.13. The minimum Gasteiger partial charge on any atom is -0.323 e. The van der Waals surface area contributed by atoms with Crippen LogP contribution in [0.4, 0.5) is 4.79 Å². The Bertz CT molecular complexity index is 414. The number of nitrogens with one attached hydrogen (secondary N) is 1. The SMILES string of the molecule is O=C1N(CCc2ccsc2)CCN1C1CCNCC1. The summed E-state index contributed by atoms with van der Waals surface area (Å²) < 4.78 is 0. The lowest BCUT2D eigenvalue weighted by Gasteiger charge is -2.31. The average molecular weight is 279 g/mol. The molecule has 2 saturated heterocycles. The first-order chi connectivity index (χ1) is 9.34. The number of rotatable bonds is 4. The number of carbonyl (C=O) groups excluding carboxylic acids is 1. The van der Waals surface area contributed by atoms with Crippen LogP contribution in [0.15, 0.2) is 16.8 Å². The van der Waals surface area contributed by atoms with Crippen molar-refractivity contribution in [1.29, 1.82) is 0 Å². The van der Waals surface area contributed by atoms with E-state index in [1.807, 2.05) is 4.90 Å². The molecule has 1 N–H and O–H groups in total. The van der Waals surface area contributed by atoms with Gasteiger partial charge in [0, 0.05) is 25.7 Å². The van der Waals surface area contributed by atoms with Gasteiger partial charge in [0.15, 0.2) is 0 Å². The van der Waals surface area contributed by atoms with Crippen LogP contribution in [0, 0.1) is 0 Å². The van der Waals surface area contributed by atoms with E-state index in [0.29, 0.717) is 6.04 Å². The van der Waals surface area contributed by atoms with Crippen molar-refractivity contribution >= 4 is 17.4 Å². The van der Waals surface area contributed by atoms with Crippen molar-refractivity contribution in [2.45, 2.75) is 25.3 Å². The Morgan fingerprint density at radius 1 is 1.32 bits per heavy atom. The zero-order valence-corrected chi connectivity index (χ0v) is 12.0. The molecular weight excluding hydrogens is 258 g/mol. The molecule has 0 aliphatic carbocycles. The number of nitrogens with zero attached hydrogens (tertiary/aromatic N) is 2. The predicted octanol–water partition coefficient (Wildman–Crippen LogP) is 1.78. The summed E-state index contributed by atoms with van der Waals surface area (Å²) in [5.41, 5.74) is 1.35. The monoisotopic (exact) mass is 279 g/mol. The number of thiophene rings is 1. The fourth-order valence-corrected chi connectivity index (χ4v) is 3.67. The minimum atomic E-state index is 0.252. The van der Waals surface area contributed by atoms with Crippen LogP contribution in [0.25, 0.3) is 0 Å². The Morgan fingerprint density at radius 3 is 2.89 bits per heavy atom. The van der Waals surface area contributed by atoms with Crippen LogP contribution in [0.1, 0.15) is 18.4 Å². The van der Waals surface area contributed by atoms with Gasteiger partial charge in [0.25, 0.3) is 0 Å². The van der Waals surface area contributed by atoms with Crippen LogP contribution >= 0.6 is 11.3 Å². The van der Waals surface area contributed by atoms with Gasteiger partial charge in [0.05, 0.1) is 0 Å². The Morgan fingerprint density at radius 2 is 2.16 bits per heavy atom. The molecule has 0 radical (unpaired) electrons. The van der Waals surface area contributed by atoms with Gasteiger partial charge in [-0.25, -0.2) is 4.79 Å². The molecule has 0 aromatic carbocycles. The highest BCUT2D eigenvalue weighted by Crippen LogP contribution is 2.19. The highest BCUT2D eigenvalue weighted by Gasteiger charge is 2.33. The van der Waals surface area contributed by atoms with E-state index in [1.165, 1.54) is 5.56 Å². The molecule has 3 rings (SSSR count). The Balaban J connectivity index is 1.53. The molecule has 5 heteroatoms. The predicted molar refractivity (Wildman–Crippen MR) is 77.6 cm³/mol. The fraction of sp³-hybridized carbons (Fsp3) is 0.643. The van der Waals surface area contributed by atoms with Gasteiger partial charge in [0.1, 0.15) is 0 Å². The number of piperidine rings is 1. The van der Waals surface area contributed by atoms with E-state index < -0.39 is 0 Å². The smallest absolute Gasteiger partial charge is 0.320 e. The Hall–Kier alpha value is -1.07. The van der Waals surface area contributed by atoms with Gasteiger partial charge in [-0.05, 0) is 54.7 Å². The molecule has 1 aromatic heterocycles. The van der Waals surface area contributed by atoms with Crippen molar-refractivity contribution in [3.05, 3.63) is 22.4 Å². The maximum absolute atomic E-state index is 12.4. The summed E-state index contributed by atoms with van der Waals surface area (Å²) in [6.07, 6.45) is 3.18. The molecular formula is C14H21N3OS. The second kappa shape index (κ2) is 5.92. The first kappa shape index (κ1) is 12.9. The lowest BCUT2D eigenvalue weighted by Crippen LogP contribution is -2.45. The van der Waals surface area contributed by atoms with Crippen molar-refractivity contribution in [1.82, 2.24) is 15.1 Å². The van der Waals surface area contributed by atoms with Gasteiger partial charge in [0.2, 0.25) is 0 Å². The van der Waals surface area contributed by atoms with Gasteiger partial charge in [-0.2, -0.15) is 11.3 Å². The lowest BCUT2D eigenvalue weighted by molar-refractivity contribution is 0.166. The van der Waals surface area contributed by atoms with Crippen molar-refractivity contribution in [2.75, 3.05) is 32.7 Å². The molecule has 0 unspecified atom stereocenters. The van der Waals surface area contributed by atoms with Crippen molar-refractivity contribution in [2.24, 2.45) is 0 Å². The highest BCUT2D eigenvalue weighted by molar-refractivity contribution is 7.07. The van der Waals surface area contributed by atoms with Crippen LogP contribution in [0.2, 0.25) is 0 Å². The van der Waals surface area contributed by atoms with E-state index in [0.717, 1.165) is 52.0 Å². The molecule has 0 spiro atoms. The van der Waals surface area contributed by atoms with Gasteiger partial charge >= 0.3 is 6.03 Å². The molecule has 2 amide bonds. The van der Waals surface area contributed by atoms with E-state index in [1.54, 1.807) is 11.3 Å². The first-order valence-corrected chi connectivity index (χ1v) is 8.06. The zero-order chi connectivity index (χ0) is 13.1. The fourth-order valence-electron chi connectivity index (χ4n) is 2.96. The van der Waals surface area contributed by atoms with Crippen LogP contribution < -0.4 is 5.32 Å². The highest BCUT2D eigenvalue weighted by atomic mass is 32.1. The first-order valence-electron chi connectivity index (χ1n) is 7.12. The molecule has 4 nitrogen and oxygen atoms in total. The summed E-state index contributed by atoms with van der Waals surface area (Å²) in [6.45, 7) is 4.75. The Labute approximate surface area is 118 Å². The number of urea groups is 1. The number of amides is 2. The minimum absolute atomic E-state index is 0.252. The van der Waals surface area contributed by atoms with Crippen molar-refractivity contribution in [3.8, 4) is 0 Å². The third kappa shape index (κ3) is 2.92. The molecule has 104 valence electrons. The third-order valence-corrected chi connectivity index (χ3v) is 4.86. The molecule has 2 aliphatic rings. The van der Waals surface area contributed by atoms with E-state index in [-0.39, 0.29) is 6.03 Å². The van der Waals surface area contributed by atoms with Gasteiger partial charge in [-0.15, -0.1) is 0 Å². The molecule has 0 saturated carbocycles. The summed E-state index contributed by atoms with van der Waals surface area (Å²) >= 11 is 1.73. The standard InChI is InChI=1S/C14H21N3OS/c18-14-16(7-3-12-4-10-19-11-12)8-9-17(14)13-1-5-15-6-2-13/h4,10-11,13,15H,1-3,5-9H2. The average Bonchev–Trinajstić information content (AvgIpc) is 3.07. The summed E-state index contributed by atoms with van der Waals surface area (Å²) in [5, 5.41) is 7.63. The maximum Gasteiger partial charge on any atom is 0.320 e. The van der Waals surface area contributed by atoms with Gasteiger partial charge in [-0.3, -0.25) is 0 Å². The largest absolute Gasteiger partial charge is 0.323 e. The van der Waals surface area contributed by atoms with Crippen molar-refractivity contribution < 1.29 is 4.79 Å². The molecule has 0 atom stereocenters. The quantitative estimate of drug-likeness (QED) is 0.912. The van der Waals surface area contributed by atoms with E-state index in [9.17, 15) is 4.79 Å². The van der Waals surface area contributed by atoms with E-state index >= 15 is 0 Å². The molecule has 3 heterocycles. The zero-order valence-electron chi connectivity index (χ0n) is 11.2. The van der Waals surface area contributed by atoms with Gasteiger partial charge in [-0.1, -0.05) is 0 Å². The lowest BCUT2D eigenvalue weighted by atomic mass is 10.1. The Kier molecular flexibility index (Phi) is 4.03. The van der Waals surface area contributed by atoms with Gasteiger partial charge < -0.3 is 15.1 Å². The summed E-state index contributed by atoms with van der Waals surface area (Å²) in [7, 11) is 0. The van der Waals surface area contributed by atoms with Crippen LogP contribution in [0.3, 0.4) is 0 Å². The molecule has 0 bridgehead atoms. The second-order valence-corrected chi connectivity index (χ2v) is 6.11.